The van der Waals surface area contributed by atoms with E-state index in [4.69, 9.17) is 0 Å². The van der Waals surface area contributed by atoms with Gasteiger partial charge in [0.2, 0.25) is 0 Å². The van der Waals surface area contributed by atoms with Gasteiger partial charge in [-0.2, -0.15) is 0 Å². The second-order valence-corrected chi connectivity index (χ2v) is 3.77. The van der Waals surface area contributed by atoms with Crippen LogP contribution in [0, 0.1) is 11.8 Å². The highest BCUT2D eigenvalue weighted by Crippen LogP contribution is 2.20. The first kappa shape index (κ1) is 10.0. The zero-order chi connectivity index (χ0) is 8.81. The van der Waals surface area contributed by atoms with Crippen molar-refractivity contribution in [3.8, 4) is 0 Å². The summed E-state index contributed by atoms with van der Waals surface area (Å²) in [7, 11) is 0. The highest BCUT2D eigenvalue weighted by molar-refractivity contribution is 4.81. The largest absolute Gasteiger partial charge is 0.317 e. The molecule has 0 aromatic rings. The minimum atomic E-state index is 0.880. The maximum absolute atomic E-state index is 3.48. The molecule has 1 aliphatic heterocycles. The van der Waals surface area contributed by atoms with Crippen LogP contribution >= 0.6 is 0 Å². The fourth-order valence-electron chi connectivity index (χ4n) is 2.06. The summed E-state index contributed by atoms with van der Waals surface area (Å²) in [6.45, 7) is 9.23. The lowest BCUT2D eigenvalue weighted by Crippen LogP contribution is -2.27. The van der Waals surface area contributed by atoms with Crippen LogP contribution in [0.3, 0.4) is 0 Å². The Morgan fingerprint density at radius 3 is 2.67 bits per heavy atom. The van der Waals surface area contributed by atoms with Crippen LogP contribution in [0.25, 0.3) is 0 Å². The first-order chi connectivity index (χ1) is 5.88. The van der Waals surface area contributed by atoms with E-state index >= 15 is 0 Å². The molecule has 1 rings (SSSR count). The molecule has 0 radical (unpaired) electrons. The lowest BCUT2D eigenvalue weighted by atomic mass is 9.92. The highest BCUT2D eigenvalue weighted by Gasteiger charge is 2.25. The van der Waals surface area contributed by atoms with E-state index < -0.39 is 0 Å². The van der Waals surface area contributed by atoms with Gasteiger partial charge in [0.25, 0.3) is 0 Å². The highest BCUT2D eigenvalue weighted by atomic mass is 14.9. The van der Waals surface area contributed by atoms with Crippen molar-refractivity contribution in [2.45, 2.75) is 26.7 Å². The number of hydrogen-bond acceptors (Lipinski definition) is 2. The first-order valence-corrected chi connectivity index (χ1v) is 5.29. The maximum atomic E-state index is 3.48. The minimum Gasteiger partial charge on any atom is -0.317 e. The number of hydrogen-bond donors (Lipinski definition) is 2. The van der Waals surface area contributed by atoms with Gasteiger partial charge in [-0.05, 0) is 44.4 Å². The molecule has 2 nitrogen and oxygen atoms in total. The summed E-state index contributed by atoms with van der Waals surface area (Å²) in [6, 6.07) is 0. The van der Waals surface area contributed by atoms with Crippen molar-refractivity contribution < 1.29 is 0 Å². The molecule has 0 bridgehead atoms. The Morgan fingerprint density at radius 2 is 2.00 bits per heavy atom. The Morgan fingerprint density at radius 1 is 1.25 bits per heavy atom. The van der Waals surface area contributed by atoms with Crippen molar-refractivity contribution in [1.82, 2.24) is 10.6 Å². The summed E-state index contributed by atoms with van der Waals surface area (Å²) >= 11 is 0. The molecule has 2 atom stereocenters. The predicted octanol–water partition coefficient (Wildman–Crippen LogP) is 1.23. The third-order valence-electron chi connectivity index (χ3n) is 2.80. The smallest absolute Gasteiger partial charge is 0.000512 e. The average molecular weight is 170 g/mol. The van der Waals surface area contributed by atoms with Gasteiger partial charge >= 0.3 is 0 Å². The van der Waals surface area contributed by atoms with E-state index in [0.717, 1.165) is 18.4 Å². The van der Waals surface area contributed by atoms with E-state index in [1.807, 2.05) is 0 Å². The molecule has 12 heavy (non-hydrogen) atoms. The molecular formula is C10H22N2. The zero-order valence-corrected chi connectivity index (χ0v) is 8.40. The van der Waals surface area contributed by atoms with Crippen molar-refractivity contribution in [3.05, 3.63) is 0 Å². The maximum Gasteiger partial charge on any atom is -0.000512 e. The molecule has 0 spiro atoms. The fourth-order valence-corrected chi connectivity index (χ4v) is 2.06. The topological polar surface area (TPSA) is 24.1 Å². The van der Waals surface area contributed by atoms with Gasteiger partial charge in [0.15, 0.2) is 0 Å². The fraction of sp³-hybridized carbons (Fsp3) is 1.00. The molecule has 0 saturated carbocycles. The summed E-state index contributed by atoms with van der Waals surface area (Å²) in [5, 5.41) is 6.91. The molecule has 0 aromatic heterocycles. The molecule has 1 aliphatic rings. The SMILES string of the molecule is CCCC1CNCC1CNCC. The van der Waals surface area contributed by atoms with Gasteiger partial charge in [0.05, 0.1) is 0 Å². The van der Waals surface area contributed by atoms with Crippen LogP contribution in [0.15, 0.2) is 0 Å². The van der Waals surface area contributed by atoms with Gasteiger partial charge in [-0.25, -0.2) is 0 Å². The van der Waals surface area contributed by atoms with E-state index in [1.54, 1.807) is 0 Å². The van der Waals surface area contributed by atoms with Gasteiger partial charge < -0.3 is 10.6 Å². The van der Waals surface area contributed by atoms with Crippen LogP contribution in [0.1, 0.15) is 26.7 Å². The van der Waals surface area contributed by atoms with Crippen molar-refractivity contribution in [2.75, 3.05) is 26.2 Å². The average Bonchev–Trinajstić information content (AvgIpc) is 2.50. The predicted molar refractivity (Wildman–Crippen MR) is 53.3 cm³/mol. The molecule has 1 saturated heterocycles. The lowest BCUT2D eigenvalue weighted by Gasteiger charge is -2.17. The Labute approximate surface area is 76.1 Å². The van der Waals surface area contributed by atoms with Gasteiger partial charge in [0, 0.05) is 0 Å². The molecule has 1 heterocycles. The number of rotatable bonds is 5. The van der Waals surface area contributed by atoms with Crippen molar-refractivity contribution in [2.24, 2.45) is 11.8 Å². The Bertz CT molecular complexity index is 114. The van der Waals surface area contributed by atoms with Crippen molar-refractivity contribution in [3.63, 3.8) is 0 Å². The first-order valence-electron chi connectivity index (χ1n) is 5.29. The quantitative estimate of drug-likeness (QED) is 0.648. The van der Waals surface area contributed by atoms with E-state index in [-0.39, 0.29) is 0 Å². The minimum absolute atomic E-state index is 0.880. The number of nitrogens with one attached hydrogen (secondary N) is 2. The van der Waals surface area contributed by atoms with E-state index in [1.165, 1.54) is 32.5 Å². The van der Waals surface area contributed by atoms with Crippen LogP contribution in [-0.2, 0) is 0 Å². The second-order valence-electron chi connectivity index (χ2n) is 3.77. The molecule has 2 N–H and O–H groups in total. The third-order valence-corrected chi connectivity index (χ3v) is 2.80. The van der Waals surface area contributed by atoms with Crippen molar-refractivity contribution >= 4 is 0 Å². The van der Waals surface area contributed by atoms with Crippen LogP contribution in [0.4, 0.5) is 0 Å². The molecule has 0 aliphatic carbocycles. The Kier molecular flexibility index (Phi) is 4.62. The Hall–Kier alpha value is -0.0800. The lowest BCUT2D eigenvalue weighted by molar-refractivity contribution is 0.374. The summed E-state index contributed by atoms with van der Waals surface area (Å²) in [5.41, 5.74) is 0. The van der Waals surface area contributed by atoms with Crippen molar-refractivity contribution in [1.29, 1.82) is 0 Å². The van der Waals surface area contributed by atoms with E-state index in [2.05, 4.69) is 24.5 Å². The van der Waals surface area contributed by atoms with E-state index in [9.17, 15) is 0 Å². The zero-order valence-electron chi connectivity index (χ0n) is 8.40. The van der Waals surface area contributed by atoms with Gasteiger partial charge in [-0.1, -0.05) is 20.3 Å². The Balaban J connectivity index is 2.20. The van der Waals surface area contributed by atoms with Crippen LogP contribution in [-0.4, -0.2) is 26.2 Å². The molecule has 2 heteroatoms. The summed E-state index contributed by atoms with van der Waals surface area (Å²) < 4.78 is 0. The summed E-state index contributed by atoms with van der Waals surface area (Å²) in [6.07, 6.45) is 2.72. The normalized spacial score (nSPS) is 29.5. The molecule has 0 amide bonds. The monoisotopic (exact) mass is 170 g/mol. The molecule has 72 valence electrons. The molecular weight excluding hydrogens is 148 g/mol. The standard InChI is InChI=1S/C10H22N2/c1-3-5-9-6-12-8-10(9)7-11-4-2/h9-12H,3-8H2,1-2H3. The molecule has 1 fully saturated rings. The van der Waals surface area contributed by atoms with Crippen LogP contribution in [0.5, 0.6) is 0 Å². The van der Waals surface area contributed by atoms with Crippen LogP contribution < -0.4 is 10.6 Å². The summed E-state index contributed by atoms with van der Waals surface area (Å²) in [5.74, 6) is 1.80. The van der Waals surface area contributed by atoms with Crippen LogP contribution in [0.2, 0.25) is 0 Å². The van der Waals surface area contributed by atoms with Gasteiger partial charge in [-0.15, -0.1) is 0 Å². The molecule has 2 unspecified atom stereocenters. The third kappa shape index (κ3) is 2.76. The van der Waals surface area contributed by atoms with Gasteiger partial charge in [-0.3, -0.25) is 0 Å². The molecule has 0 aromatic carbocycles. The van der Waals surface area contributed by atoms with Gasteiger partial charge in [0.1, 0.15) is 0 Å². The summed E-state index contributed by atoms with van der Waals surface area (Å²) in [4.78, 5) is 0. The second kappa shape index (κ2) is 5.55. The van der Waals surface area contributed by atoms with E-state index in [0.29, 0.717) is 0 Å².